The molecule has 1 atom stereocenters. The van der Waals surface area contributed by atoms with Gasteiger partial charge in [0.2, 0.25) is 0 Å². The summed E-state index contributed by atoms with van der Waals surface area (Å²) in [5.74, 6) is -4.81. The molecule has 1 aromatic rings. The van der Waals surface area contributed by atoms with Gasteiger partial charge in [-0.2, -0.15) is 22.0 Å². The molecular formula is C16H21F5O. The number of rotatable bonds is 7. The van der Waals surface area contributed by atoms with Gasteiger partial charge in [-0.15, -0.1) is 0 Å². The van der Waals surface area contributed by atoms with Gasteiger partial charge in [0.05, 0.1) is 12.0 Å². The fourth-order valence-corrected chi connectivity index (χ4v) is 2.42. The third-order valence-electron chi connectivity index (χ3n) is 3.81. The van der Waals surface area contributed by atoms with Crippen molar-refractivity contribution in [2.45, 2.75) is 57.2 Å². The standard InChI is InChI=1S/C16H21F5O/c1-4-5-8-12-9-6-7-10-13(12)14(2,22-3)11-15(17,18)16(19,20)21/h6-7,9-10H,4-5,8,11H2,1-3H3. The van der Waals surface area contributed by atoms with E-state index in [0.717, 1.165) is 25.5 Å². The summed E-state index contributed by atoms with van der Waals surface area (Å²) in [4.78, 5) is 0. The molecule has 0 aliphatic carbocycles. The summed E-state index contributed by atoms with van der Waals surface area (Å²) < 4.78 is 69.6. The van der Waals surface area contributed by atoms with Crippen LogP contribution in [0.4, 0.5) is 22.0 Å². The topological polar surface area (TPSA) is 9.23 Å². The van der Waals surface area contributed by atoms with Gasteiger partial charge in [0.15, 0.2) is 0 Å². The second-order valence-corrected chi connectivity index (χ2v) is 5.57. The Balaban J connectivity index is 3.19. The minimum atomic E-state index is -5.59. The number of aryl methyl sites for hydroxylation is 1. The van der Waals surface area contributed by atoms with Crippen molar-refractivity contribution in [3.63, 3.8) is 0 Å². The monoisotopic (exact) mass is 324 g/mol. The number of hydrogen-bond donors (Lipinski definition) is 0. The van der Waals surface area contributed by atoms with Gasteiger partial charge < -0.3 is 4.74 Å². The summed E-state index contributed by atoms with van der Waals surface area (Å²) in [5.41, 5.74) is -0.579. The van der Waals surface area contributed by atoms with Crippen LogP contribution >= 0.6 is 0 Å². The summed E-state index contributed by atoms with van der Waals surface area (Å²) in [6, 6.07) is 6.66. The molecule has 1 unspecified atom stereocenters. The highest BCUT2D eigenvalue weighted by Gasteiger charge is 2.60. The van der Waals surface area contributed by atoms with Gasteiger partial charge in [-0.3, -0.25) is 0 Å². The minimum Gasteiger partial charge on any atom is -0.374 e. The lowest BCUT2D eigenvalue weighted by molar-refractivity contribution is -0.298. The van der Waals surface area contributed by atoms with E-state index >= 15 is 0 Å². The third kappa shape index (κ3) is 4.18. The molecule has 0 spiro atoms. The van der Waals surface area contributed by atoms with Crippen molar-refractivity contribution in [3.05, 3.63) is 35.4 Å². The maximum atomic E-state index is 13.5. The second kappa shape index (κ2) is 6.94. The van der Waals surface area contributed by atoms with Crippen LogP contribution < -0.4 is 0 Å². The molecule has 1 nitrogen and oxygen atoms in total. The summed E-state index contributed by atoms with van der Waals surface area (Å²) in [6.07, 6.45) is -4.69. The molecule has 0 bridgehead atoms. The first-order valence-corrected chi connectivity index (χ1v) is 7.15. The van der Waals surface area contributed by atoms with E-state index < -0.39 is 24.1 Å². The quantitative estimate of drug-likeness (QED) is 0.604. The van der Waals surface area contributed by atoms with Gasteiger partial charge in [0.25, 0.3) is 0 Å². The molecule has 0 saturated carbocycles. The predicted octanol–water partition coefficient (Wildman–Crippen LogP) is 5.48. The molecule has 126 valence electrons. The van der Waals surface area contributed by atoms with Crippen LogP contribution in [-0.4, -0.2) is 19.2 Å². The minimum absolute atomic E-state index is 0.384. The number of benzene rings is 1. The van der Waals surface area contributed by atoms with Crippen LogP contribution in [0, 0.1) is 0 Å². The van der Waals surface area contributed by atoms with Crippen LogP contribution in [-0.2, 0) is 16.8 Å². The van der Waals surface area contributed by atoms with Gasteiger partial charge in [-0.05, 0) is 30.9 Å². The second-order valence-electron chi connectivity index (χ2n) is 5.57. The molecule has 0 saturated heterocycles. The van der Waals surface area contributed by atoms with E-state index in [9.17, 15) is 22.0 Å². The summed E-state index contributed by atoms with van der Waals surface area (Å²) in [7, 11) is 1.16. The highest BCUT2D eigenvalue weighted by molar-refractivity contribution is 5.33. The lowest BCUT2D eigenvalue weighted by Crippen LogP contribution is -2.43. The zero-order valence-corrected chi connectivity index (χ0v) is 12.9. The molecule has 0 aromatic heterocycles. The van der Waals surface area contributed by atoms with E-state index in [2.05, 4.69) is 0 Å². The summed E-state index contributed by atoms with van der Waals surface area (Å²) in [5, 5.41) is 0. The lowest BCUT2D eigenvalue weighted by atomic mass is 9.84. The number of ether oxygens (including phenoxy) is 1. The fraction of sp³-hybridized carbons (Fsp3) is 0.625. The van der Waals surface area contributed by atoms with Crippen molar-refractivity contribution < 1.29 is 26.7 Å². The van der Waals surface area contributed by atoms with Gasteiger partial charge in [0.1, 0.15) is 0 Å². The Morgan fingerprint density at radius 2 is 1.64 bits per heavy atom. The number of halogens is 5. The molecule has 0 heterocycles. The fourth-order valence-electron chi connectivity index (χ4n) is 2.42. The first-order chi connectivity index (χ1) is 10.1. The Morgan fingerprint density at radius 1 is 1.05 bits per heavy atom. The third-order valence-corrected chi connectivity index (χ3v) is 3.81. The van der Waals surface area contributed by atoms with E-state index in [1.165, 1.54) is 6.92 Å². The van der Waals surface area contributed by atoms with Crippen LogP contribution in [0.3, 0.4) is 0 Å². The van der Waals surface area contributed by atoms with E-state index in [-0.39, 0.29) is 0 Å². The van der Waals surface area contributed by atoms with Crippen molar-refractivity contribution in [1.82, 2.24) is 0 Å². The molecule has 0 fully saturated rings. The first kappa shape index (κ1) is 18.9. The van der Waals surface area contributed by atoms with E-state index in [4.69, 9.17) is 4.74 Å². The van der Waals surface area contributed by atoms with Crippen molar-refractivity contribution in [2.75, 3.05) is 7.11 Å². The Hall–Kier alpha value is -1.17. The highest BCUT2D eigenvalue weighted by Crippen LogP contribution is 2.45. The van der Waals surface area contributed by atoms with Crippen LogP contribution in [0.15, 0.2) is 24.3 Å². The largest absolute Gasteiger partial charge is 0.453 e. The molecule has 1 aromatic carbocycles. The van der Waals surface area contributed by atoms with Crippen molar-refractivity contribution in [1.29, 1.82) is 0 Å². The smallest absolute Gasteiger partial charge is 0.374 e. The molecule has 0 amide bonds. The molecule has 0 aliphatic rings. The highest BCUT2D eigenvalue weighted by atomic mass is 19.4. The normalized spacial score (nSPS) is 15.6. The number of methoxy groups -OCH3 is 1. The van der Waals surface area contributed by atoms with Crippen LogP contribution in [0.2, 0.25) is 0 Å². The summed E-state index contributed by atoms with van der Waals surface area (Å²) in [6.45, 7) is 3.26. The lowest BCUT2D eigenvalue weighted by Gasteiger charge is -2.34. The Labute approximate surface area is 127 Å². The average molecular weight is 324 g/mol. The molecular weight excluding hydrogens is 303 g/mol. The molecule has 1 rings (SSSR count). The number of unbranched alkanes of at least 4 members (excludes halogenated alkanes) is 1. The maximum absolute atomic E-state index is 13.5. The number of alkyl halides is 5. The Kier molecular flexibility index (Phi) is 5.96. The van der Waals surface area contributed by atoms with E-state index in [0.29, 0.717) is 12.0 Å². The van der Waals surface area contributed by atoms with Gasteiger partial charge in [-0.1, -0.05) is 37.6 Å². The van der Waals surface area contributed by atoms with Gasteiger partial charge in [-0.25, -0.2) is 0 Å². The first-order valence-electron chi connectivity index (χ1n) is 7.15. The summed E-state index contributed by atoms with van der Waals surface area (Å²) >= 11 is 0. The number of hydrogen-bond acceptors (Lipinski definition) is 1. The van der Waals surface area contributed by atoms with Crippen molar-refractivity contribution in [3.8, 4) is 0 Å². The molecule has 22 heavy (non-hydrogen) atoms. The molecule has 6 heteroatoms. The zero-order chi connectivity index (χ0) is 17.0. The molecule has 0 aliphatic heterocycles. The van der Waals surface area contributed by atoms with Gasteiger partial charge in [0, 0.05) is 7.11 Å². The SMILES string of the molecule is CCCCc1ccccc1C(C)(CC(F)(F)C(F)(F)F)OC. The van der Waals surface area contributed by atoms with Crippen LogP contribution in [0.5, 0.6) is 0 Å². The van der Waals surface area contributed by atoms with Crippen molar-refractivity contribution >= 4 is 0 Å². The van der Waals surface area contributed by atoms with E-state index in [1.54, 1.807) is 24.3 Å². The maximum Gasteiger partial charge on any atom is 0.453 e. The average Bonchev–Trinajstić information content (AvgIpc) is 2.43. The van der Waals surface area contributed by atoms with Crippen LogP contribution in [0.25, 0.3) is 0 Å². The predicted molar refractivity (Wildman–Crippen MR) is 75.0 cm³/mol. The molecule has 0 radical (unpaired) electrons. The van der Waals surface area contributed by atoms with Gasteiger partial charge >= 0.3 is 12.1 Å². The van der Waals surface area contributed by atoms with Crippen LogP contribution in [0.1, 0.15) is 44.2 Å². The van der Waals surface area contributed by atoms with Crippen molar-refractivity contribution in [2.24, 2.45) is 0 Å². The molecule has 0 N–H and O–H groups in total. The zero-order valence-electron chi connectivity index (χ0n) is 12.9. The Bertz CT molecular complexity index is 484. The van der Waals surface area contributed by atoms with E-state index in [1.807, 2.05) is 6.92 Å². The Morgan fingerprint density at radius 3 is 2.14 bits per heavy atom.